The SMILES string of the molecule is CCCCC/C=C\C/C=C\C/C=C\C/C=C\CCCC(=O)O[C@H](COC(=O)CCC/C=C\C/C=C\C/C=C\C/C=C\CCCCCO)COP(=O)(O)OC[C@H](N)C(=O)O. The third-order valence-corrected chi connectivity index (χ3v) is 9.31. The highest BCUT2D eigenvalue weighted by Crippen LogP contribution is 2.43. The van der Waals surface area contributed by atoms with E-state index < -0.39 is 57.7 Å². The van der Waals surface area contributed by atoms with Crippen LogP contribution in [0.5, 0.6) is 0 Å². The van der Waals surface area contributed by atoms with Crippen molar-refractivity contribution in [3.63, 3.8) is 0 Å². The summed E-state index contributed by atoms with van der Waals surface area (Å²) in [5.74, 6) is -2.56. The molecule has 0 saturated heterocycles. The maximum Gasteiger partial charge on any atom is 0.472 e. The molecule has 0 fully saturated rings. The number of phosphoric acid groups is 1. The van der Waals surface area contributed by atoms with E-state index in [0.717, 1.165) is 70.6 Å². The van der Waals surface area contributed by atoms with E-state index in [1.165, 1.54) is 19.3 Å². The summed E-state index contributed by atoms with van der Waals surface area (Å²) in [7, 11) is -4.76. The fourth-order valence-corrected chi connectivity index (χ4v) is 5.75. The van der Waals surface area contributed by atoms with Crippen molar-refractivity contribution in [3.05, 3.63) is 97.2 Å². The zero-order valence-electron chi connectivity index (χ0n) is 35.5. The number of aliphatic hydroxyl groups is 1. The molecule has 5 N–H and O–H groups in total. The summed E-state index contributed by atoms with van der Waals surface area (Å²) in [6.45, 7) is 0.642. The van der Waals surface area contributed by atoms with E-state index in [9.17, 15) is 23.8 Å². The molecular weight excluding hydrogens is 773 g/mol. The molecule has 0 aliphatic carbocycles. The van der Waals surface area contributed by atoms with E-state index in [2.05, 4.69) is 84.4 Å². The number of carbonyl (C=O) groups excluding carboxylic acids is 2. The van der Waals surface area contributed by atoms with Crippen LogP contribution in [0.25, 0.3) is 0 Å². The number of carboxylic acids is 1. The molecule has 334 valence electrons. The largest absolute Gasteiger partial charge is 0.480 e. The highest BCUT2D eigenvalue weighted by Gasteiger charge is 2.28. The van der Waals surface area contributed by atoms with E-state index in [1.807, 2.05) is 24.3 Å². The van der Waals surface area contributed by atoms with Crippen LogP contribution in [-0.2, 0) is 37.5 Å². The van der Waals surface area contributed by atoms with Gasteiger partial charge in [0.1, 0.15) is 12.6 Å². The smallest absolute Gasteiger partial charge is 0.472 e. The van der Waals surface area contributed by atoms with E-state index >= 15 is 0 Å². The minimum absolute atomic E-state index is 0.0623. The highest BCUT2D eigenvalue weighted by atomic mass is 31.2. The number of allylic oxidation sites excluding steroid dienone is 16. The first-order valence-corrected chi connectivity index (χ1v) is 22.9. The van der Waals surface area contributed by atoms with Gasteiger partial charge in [-0.25, -0.2) is 4.57 Å². The normalized spacial score (nSPS) is 14.6. The lowest BCUT2D eigenvalue weighted by atomic mass is 10.2. The Kier molecular flexibility index (Phi) is 38.6. The second-order valence-electron chi connectivity index (χ2n) is 13.8. The van der Waals surface area contributed by atoms with Crippen LogP contribution in [-0.4, -0.2) is 71.6 Å². The van der Waals surface area contributed by atoms with Crippen molar-refractivity contribution >= 4 is 25.7 Å². The molecule has 0 amide bonds. The lowest BCUT2D eigenvalue weighted by molar-refractivity contribution is -0.161. The van der Waals surface area contributed by atoms with E-state index in [1.54, 1.807) is 0 Å². The standard InChI is InChI=1S/C46H74NO11P/c1-2-3-4-5-6-7-8-9-10-12-16-19-22-25-28-31-34-37-45(50)58-42(40-56-59(53,54)57-41-43(47)46(51)52)39-55-44(49)36-33-30-27-24-21-18-15-13-11-14-17-20-23-26-29-32-35-38-48/h6-7,9-11,14-16,18-20,23-25,27-28,42-43,48H,2-5,8,12-13,17,21-22,26,29-41,47H2,1H3,(H,51,52)(H,53,54)/b7-6-,10-9-,14-11-,18-15-,19-16-,23-20-,27-24-,28-25-/t42-,43+/m1/s1. The van der Waals surface area contributed by atoms with Crippen LogP contribution < -0.4 is 5.73 Å². The third-order valence-electron chi connectivity index (χ3n) is 8.36. The molecule has 0 aromatic rings. The quantitative estimate of drug-likeness (QED) is 0.0198. The average molecular weight is 848 g/mol. The first-order chi connectivity index (χ1) is 28.6. The monoisotopic (exact) mass is 847 g/mol. The zero-order chi connectivity index (χ0) is 43.5. The minimum Gasteiger partial charge on any atom is -0.480 e. The lowest BCUT2D eigenvalue weighted by Crippen LogP contribution is -2.34. The fraction of sp³-hybridized carbons (Fsp3) is 0.587. The molecular formula is C46H74NO11P. The number of carbonyl (C=O) groups is 3. The van der Waals surface area contributed by atoms with Gasteiger partial charge in [0, 0.05) is 19.4 Å². The minimum atomic E-state index is -4.76. The number of hydrogen-bond donors (Lipinski definition) is 4. The molecule has 12 nitrogen and oxygen atoms in total. The number of carboxylic acid groups (broad SMARTS) is 1. The number of phosphoric ester groups is 1. The van der Waals surface area contributed by atoms with Crippen molar-refractivity contribution < 1.29 is 52.6 Å². The molecule has 0 radical (unpaired) electrons. The average Bonchev–Trinajstić information content (AvgIpc) is 3.21. The van der Waals surface area contributed by atoms with E-state index in [0.29, 0.717) is 25.7 Å². The molecule has 0 aliphatic rings. The van der Waals surface area contributed by atoms with Crippen LogP contribution in [0.15, 0.2) is 97.2 Å². The van der Waals surface area contributed by atoms with Gasteiger partial charge >= 0.3 is 25.7 Å². The Morgan fingerprint density at radius 1 is 0.559 bits per heavy atom. The molecule has 1 unspecified atom stereocenters. The van der Waals surface area contributed by atoms with Gasteiger partial charge in [-0.05, 0) is 96.3 Å². The van der Waals surface area contributed by atoms with Gasteiger partial charge in [-0.2, -0.15) is 0 Å². The molecule has 0 rings (SSSR count). The Labute approximate surface area is 354 Å². The van der Waals surface area contributed by atoms with Gasteiger partial charge in [-0.1, -0.05) is 123 Å². The second-order valence-corrected chi connectivity index (χ2v) is 15.3. The van der Waals surface area contributed by atoms with Crippen LogP contribution in [0.2, 0.25) is 0 Å². The van der Waals surface area contributed by atoms with Crippen molar-refractivity contribution in [2.45, 2.75) is 147 Å². The number of hydrogen-bond acceptors (Lipinski definition) is 10. The lowest BCUT2D eigenvalue weighted by Gasteiger charge is -2.20. The number of unbranched alkanes of at least 4 members (excludes halogenated alkanes) is 8. The maximum atomic E-state index is 12.6. The van der Waals surface area contributed by atoms with Crippen molar-refractivity contribution in [2.24, 2.45) is 5.73 Å². The van der Waals surface area contributed by atoms with E-state index in [-0.39, 0.29) is 19.4 Å². The van der Waals surface area contributed by atoms with Crippen LogP contribution in [0.3, 0.4) is 0 Å². The third kappa shape index (κ3) is 40.9. The fourth-order valence-electron chi connectivity index (χ4n) is 4.97. The maximum absolute atomic E-state index is 12.6. The topological polar surface area (TPSA) is 192 Å². The number of rotatable bonds is 39. The number of ether oxygens (including phenoxy) is 2. The molecule has 0 aromatic heterocycles. The Morgan fingerprint density at radius 2 is 0.966 bits per heavy atom. The van der Waals surface area contributed by atoms with E-state index in [4.69, 9.17) is 29.9 Å². The van der Waals surface area contributed by atoms with Gasteiger partial charge in [0.15, 0.2) is 6.10 Å². The summed E-state index contributed by atoms with van der Waals surface area (Å²) in [6.07, 6.45) is 49.3. The Bertz CT molecular complexity index is 1370. The van der Waals surface area contributed by atoms with Crippen molar-refractivity contribution in [1.82, 2.24) is 0 Å². The summed E-state index contributed by atoms with van der Waals surface area (Å²) in [4.78, 5) is 45.9. The van der Waals surface area contributed by atoms with Crippen molar-refractivity contribution in [3.8, 4) is 0 Å². The Hall–Kier alpha value is -3.64. The predicted molar refractivity (Wildman–Crippen MR) is 236 cm³/mol. The summed E-state index contributed by atoms with van der Waals surface area (Å²) in [5.41, 5.74) is 5.32. The zero-order valence-corrected chi connectivity index (χ0v) is 36.4. The number of aliphatic hydroxyl groups excluding tert-OH is 1. The van der Waals surface area contributed by atoms with Crippen molar-refractivity contribution in [2.75, 3.05) is 26.4 Å². The molecule has 0 spiro atoms. The van der Waals surface area contributed by atoms with Gasteiger partial charge in [0.25, 0.3) is 0 Å². The molecule has 0 bridgehead atoms. The van der Waals surface area contributed by atoms with Gasteiger partial charge in [0.05, 0.1) is 13.2 Å². The van der Waals surface area contributed by atoms with Crippen LogP contribution in [0.4, 0.5) is 0 Å². The molecule has 0 heterocycles. The van der Waals surface area contributed by atoms with Crippen molar-refractivity contribution in [1.29, 1.82) is 0 Å². The first-order valence-electron chi connectivity index (χ1n) is 21.4. The number of nitrogens with two attached hydrogens (primary N) is 1. The predicted octanol–water partition coefficient (Wildman–Crippen LogP) is 10.3. The van der Waals surface area contributed by atoms with Gasteiger partial charge in [-0.15, -0.1) is 0 Å². The first kappa shape index (κ1) is 55.4. The summed E-state index contributed by atoms with van der Waals surface area (Å²) >= 11 is 0. The van der Waals surface area contributed by atoms with Crippen LogP contribution in [0, 0.1) is 0 Å². The molecule has 3 atom stereocenters. The van der Waals surface area contributed by atoms with Gasteiger partial charge < -0.3 is 30.3 Å². The number of esters is 2. The van der Waals surface area contributed by atoms with Crippen LogP contribution in [0.1, 0.15) is 135 Å². The summed E-state index contributed by atoms with van der Waals surface area (Å²) in [5, 5.41) is 17.7. The highest BCUT2D eigenvalue weighted by molar-refractivity contribution is 7.47. The second kappa shape index (κ2) is 41.1. The summed E-state index contributed by atoms with van der Waals surface area (Å²) in [6, 6.07) is -1.55. The Morgan fingerprint density at radius 3 is 1.41 bits per heavy atom. The molecule has 0 aromatic carbocycles. The van der Waals surface area contributed by atoms with Gasteiger partial charge in [0.2, 0.25) is 0 Å². The molecule has 0 saturated carbocycles. The molecule has 13 heteroatoms. The Balaban J connectivity index is 4.58. The van der Waals surface area contributed by atoms with Gasteiger partial charge in [-0.3, -0.25) is 23.4 Å². The number of aliphatic carboxylic acids is 1. The molecule has 0 aliphatic heterocycles. The molecule has 59 heavy (non-hydrogen) atoms. The van der Waals surface area contributed by atoms with Crippen LogP contribution >= 0.6 is 7.82 Å². The summed E-state index contributed by atoms with van der Waals surface area (Å²) < 4.78 is 32.5.